The van der Waals surface area contributed by atoms with Gasteiger partial charge in [-0.05, 0) is 56.0 Å². The average molecular weight is 422 g/mol. The molecule has 0 radical (unpaired) electrons. The van der Waals surface area contributed by atoms with Gasteiger partial charge in [0.05, 0.1) is 17.7 Å². The molecule has 0 aliphatic heterocycles. The van der Waals surface area contributed by atoms with Crippen molar-refractivity contribution in [2.75, 3.05) is 5.32 Å². The van der Waals surface area contributed by atoms with Crippen LogP contribution in [-0.2, 0) is 6.54 Å². The number of fused-ring (bicyclic) bond motifs is 1. The Labute approximate surface area is 181 Å². The van der Waals surface area contributed by atoms with Crippen LogP contribution in [0.1, 0.15) is 48.8 Å². The number of amides is 2. The molecule has 0 bridgehead atoms. The number of aryl methyl sites for hydroxylation is 2. The van der Waals surface area contributed by atoms with Gasteiger partial charge in [-0.2, -0.15) is 0 Å². The molecule has 162 valence electrons. The van der Waals surface area contributed by atoms with E-state index in [1.165, 1.54) is 6.07 Å². The summed E-state index contributed by atoms with van der Waals surface area (Å²) in [5.74, 6) is -0.478. The smallest absolute Gasteiger partial charge is 0.321 e. The highest BCUT2D eigenvalue weighted by molar-refractivity contribution is 5.90. The summed E-state index contributed by atoms with van der Waals surface area (Å²) in [7, 11) is 0. The largest absolute Gasteiger partial charge is 0.322 e. The number of carbonyl (C=O) groups excluding carboxylic acids is 1. The number of aromatic nitrogens is 1. The molecule has 1 aliphatic carbocycles. The van der Waals surface area contributed by atoms with Gasteiger partial charge in [0.1, 0.15) is 5.82 Å². The second kappa shape index (κ2) is 8.92. The molecule has 1 saturated carbocycles. The van der Waals surface area contributed by atoms with Crippen molar-refractivity contribution < 1.29 is 9.18 Å². The number of H-pyrrole nitrogens is 1. The zero-order chi connectivity index (χ0) is 22.0. The van der Waals surface area contributed by atoms with Gasteiger partial charge >= 0.3 is 6.03 Å². The highest BCUT2D eigenvalue weighted by Crippen LogP contribution is 2.26. The van der Waals surface area contributed by atoms with Crippen LogP contribution in [0.25, 0.3) is 10.9 Å². The fraction of sp³-hybridized carbons (Fsp3) is 0.360. The summed E-state index contributed by atoms with van der Waals surface area (Å²) in [5, 5.41) is 3.68. The molecular weight excluding hydrogens is 393 g/mol. The van der Waals surface area contributed by atoms with E-state index in [-0.39, 0.29) is 29.9 Å². The van der Waals surface area contributed by atoms with Crippen molar-refractivity contribution in [3.63, 3.8) is 0 Å². The Hall–Kier alpha value is -3.15. The van der Waals surface area contributed by atoms with Crippen LogP contribution in [0.4, 0.5) is 14.9 Å². The van der Waals surface area contributed by atoms with Gasteiger partial charge in [0.15, 0.2) is 0 Å². The topological polar surface area (TPSA) is 65.2 Å². The molecule has 2 N–H and O–H groups in total. The third-order valence-corrected chi connectivity index (χ3v) is 6.25. The Kier molecular flexibility index (Phi) is 6.07. The van der Waals surface area contributed by atoms with Gasteiger partial charge in [0, 0.05) is 17.0 Å². The van der Waals surface area contributed by atoms with Crippen molar-refractivity contribution in [1.29, 1.82) is 0 Å². The van der Waals surface area contributed by atoms with Gasteiger partial charge in [0.2, 0.25) is 0 Å². The quantitative estimate of drug-likeness (QED) is 0.572. The Morgan fingerprint density at radius 3 is 2.55 bits per heavy atom. The van der Waals surface area contributed by atoms with Crippen LogP contribution in [0.3, 0.4) is 0 Å². The van der Waals surface area contributed by atoms with Crippen LogP contribution in [0.2, 0.25) is 0 Å². The number of halogens is 1. The van der Waals surface area contributed by atoms with Crippen LogP contribution in [0.5, 0.6) is 0 Å². The molecule has 4 rings (SSSR count). The molecule has 0 saturated heterocycles. The summed E-state index contributed by atoms with van der Waals surface area (Å²) in [4.78, 5) is 30.8. The van der Waals surface area contributed by atoms with Gasteiger partial charge in [0.25, 0.3) is 5.56 Å². The normalized spacial score (nSPS) is 14.5. The number of nitrogens with zero attached hydrogens (tertiary/aromatic N) is 1. The van der Waals surface area contributed by atoms with Crippen LogP contribution in [0, 0.1) is 19.7 Å². The fourth-order valence-corrected chi connectivity index (χ4v) is 4.43. The van der Waals surface area contributed by atoms with Crippen LogP contribution in [0.15, 0.2) is 47.3 Å². The molecule has 0 unspecified atom stereocenters. The molecule has 0 spiro atoms. The van der Waals surface area contributed by atoms with Gasteiger partial charge < -0.3 is 15.2 Å². The Morgan fingerprint density at radius 2 is 1.81 bits per heavy atom. The van der Waals surface area contributed by atoms with E-state index in [2.05, 4.69) is 10.3 Å². The monoisotopic (exact) mass is 421 g/mol. The molecule has 3 aromatic rings. The number of anilines is 1. The number of nitrogens with one attached hydrogen (secondary N) is 2. The van der Waals surface area contributed by atoms with E-state index in [1.54, 1.807) is 23.1 Å². The van der Waals surface area contributed by atoms with Crippen molar-refractivity contribution >= 4 is 22.6 Å². The predicted octanol–water partition coefficient (Wildman–Crippen LogP) is 5.65. The minimum Gasteiger partial charge on any atom is -0.321 e. The number of carbonyl (C=O) groups is 1. The summed E-state index contributed by atoms with van der Waals surface area (Å²) in [6.07, 6.45) is 5.00. The summed E-state index contributed by atoms with van der Waals surface area (Å²) in [5.41, 5.74) is 3.39. The molecule has 5 nitrogen and oxygen atoms in total. The number of rotatable bonds is 4. The minimum absolute atomic E-state index is 0.0224. The maximum absolute atomic E-state index is 14.1. The second-order valence-corrected chi connectivity index (χ2v) is 8.44. The molecule has 1 aliphatic rings. The van der Waals surface area contributed by atoms with E-state index in [9.17, 15) is 14.0 Å². The van der Waals surface area contributed by atoms with Crippen LogP contribution in [-0.4, -0.2) is 22.0 Å². The maximum Gasteiger partial charge on any atom is 0.322 e. The third kappa shape index (κ3) is 4.48. The maximum atomic E-state index is 14.1. The zero-order valence-electron chi connectivity index (χ0n) is 18.0. The van der Waals surface area contributed by atoms with Gasteiger partial charge in [-0.1, -0.05) is 43.5 Å². The molecule has 31 heavy (non-hydrogen) atoms. The molecule has 0 atom stereocenters. The van der Waals surface area contributed by atoms with Gasteiger partial charge in [-0.15, -0.1) is 0 Å². The number of benzene rings is 2. The highest BCUT2D eigenvalue weighted by atomic mass is 19.1. The SMILES string of the molecule is Cc1ccc(C)c2[nH]c(=O)c(CN(C(=O)Nc3ccccc3F)C3CCCCC3)cc12. The second-order valence-electron chi connectivity index (χ2n) is 8.44. The first kappa shape index (κ1) is 21.1. The van der Waals surface area contributed by atoms with Crippen LogP contribution < -0.4 is 10.9 Å². The number of aromatic amines is 1. The number of hydrogen-bond donors (Lipinski definition) is 2. The molecule has 2 amide bonds. The van der Waals surface area contributed by atoms with E-state index in [0.29, 0.717) is 5.56 Å². The van der Waals surface area contributed by atoms with Crippen molar-refractivity contribution in [2.24, 2.45) is 0 Å². The lowest BCUT2D eigenvalue weighted by Crippen LogP contribution is -2.44. The van der Waals surface area contributed by atoms with E-state index >= 15 is 0 Å². The summed E-state index contributed by atoms with van der Waals surface area (Å²) in [6.45, 7) is 4.16. The first-order valence-electron chi connectivity index (χ1n) is 10.9. The molecule has 2 aromatic carbocycles. The summed E-state index contributed by atoms with van der Waals surface area (Å²) < 4.78 is 14.1. The summed E-state index contributed by atoms with van der Waals surface area (Å²) in [6, 6.07) is 11.7. The molecule has 1 fully saturated rings. The van der Waals surface area contributed by atoms with Crippen molar-refractivity contribution in [2.45, 2.75) is 58.5 Å². The first-order chi connectivity index (χ1) is 14.9. The standard InChI is InChI=1S/C25H28FN3O2/c1-16-12-13-17(2)23-20(16)14-18(24(30)28-23)15-29(19-8-4-3-5-9-19)25(31)27-22-11-7-6-10-21(22)26/h6-7,10-14,19H,3-5,8-9,15H2,1-2H3,(H,27,31)(H,28,30). The Balaban J connectivity index is 1.68. The highest BCUT2D eigenvalue weighted by Gasteiger charge is 2.27. The van der Waals surface area contributed by atoms with E-state index in [4.69, 9.17) is 0 Å². The Morgan fingerprint density at radius 1 is 1.10 bits per heavy atom. The van der Waals surface area contributed by atoms with Crippen molar-refractivity contribution in [1.82, 2.24) is 9.88 Å². The lowest BCUT2D eigenvalue weighted by atomic mass is 9.94. The molecule has 6 heteroatoms. The number of pyridine rings is 1. The molecule has 1 aromatic heterocycles. The molecular formula is C25H28FN3O2. The minimum atomic E-state index is -0.478. The lowest BCUT2D eigenvalue weighted by Gasteiger charge is -2.34. The van der Waals surface area contributed by atoms with Crippen molar-refractivity contribution in [3.05, 3.63) is 75.3 Å². The van der Waals surface area contributed by atoms with Crippen LogP contribution >= 0.6 is 0 Å². The van der Waals surface area contributed by atoms with E-state index in [0.717, 1.165) is 54.1 Å². The Bertz CT molecular complexity index is 1170. The number of para-hydroxylation sites is 1. The average Bonchev–Trinajstić information content (AvgIpc) is 2.77. The third-order valence-electron chi connectivity index (χ3n) is 6.25. The molecule has 1 heterocycles. The predicted molar refractivity (Wildman–Crippen MR) is 122 cm³/mol. The number of urea groups is 1. The van der Waals surface area contributed by atoms with Crippen molar-refractivity contribution in [3.8, 4) is 0 Å². The lowest BCUT2D eigenvalue weighted by molar-refractivity contribution is 0.162. The number of hydrogen-bond acceptors (Lipinski definition) is 2. The summed E-state index contributed by atoms with van der Waals surface area (Å²) >= 11 is 0. The fourth-order valence-electron chi connectivity index (χ4n) is 4.43. The first-order valence-corrected chi connectivity index (χ1v) is 10.9. The zero-order valence-corrected chi connectivity index (χ0v) is 18.0. The van der Waals surface area contributed by atoms with Gasteiger partial charge in [-0.25, -0.2) is 9.18 Å². The van der Waals surface area contributed by atoms with E-state index < -0.39 is 5.82 Å². The van der Waals surface area contributed by atoms with E-state index in [1.807, 2.05) is 32.0 Å². The van der Waals surface area contributed by atoms with Gasteiger partial charge in [-0.3, -0.25) is 4.79 Å².